The summed E-state index contributed by atoms with van der Waals surface area (Å²) in [6.45, 7) is 4.20. The van der Waals surface area contributed by atoms with Gasteiger partial charge in [0.05, 0.1) is 19.3 Å². The monoisotopic (exact) mass is 698 g/mol. The van der Waals surface area contributed by atoms with E-state index in [1.54, 1.807) is 0 Å². The fourth-order valence-corrected chi connectivity index (χ4v) is 9.28. The van der Waals surface area contributed by atoms with E-state index in [0.29, 0.717) is 48.6 Å². The van der Waals surface area contributed by atoms with Gasteiger partial charge in [-0.2, -0.15) is 9.97 Å². The first kappa shape index (κ1) is 32.6. The molecule has 0 amide bonds. The standard InChI is InChI=1S/C39H41F3N6O3/c1-3-26-30(41)10-7-21-13-25(49)14-27(31(21)26)34-33(42)35-32(37(44-34)50-2)36(48-16-23-8-9-24(17-48)43-23)46-38(45-35)51-20-39(11-12-39)19-47-15-22-5-4-6-29(40)28(22)18-47/h1,7,10,13-14,22-24,28-29,43,49H,4-6,8-9,11-12,15-20H2,2H3. The molecule has 51 heavy (non-hydrogen) atoms. The van der Waals surface area contributed by atoms with E-state index in [1.165, 1.54) is 31.4 Å². The maximum atomic E-state index is 17.1. The molecule has 9 nitrogen and oxygen atoms in total. The zero-order valence-electron chi connectivity index (χ0n) is 28.6. The molecule has 0 spiro atoms. The quantitative estimate of drug-likeness (QED) is 0.215. The van der Waals surface area contributed by atoms with Crippen molar-refractivity contribution in [3.63, 3.8) is 0 Å². The predicted molar refractivity (Wildman–Crippen MR) is 188 cm³/mol. The van der Waals surface area contributed by atoms with Gasteiger partial charge in [0.25, 0.3) is 0 Å². The molecule has 5 aliphatic rings. The highest BCUT2D eigenvalue weighted by molar-refractivity contribution is 6.04. The second-order valence-corrected chi connectivity index (χ2v) is 15.4. The largest absolute Gasteiger partial charge is 0.508 e. The maximum Gasteiger partial charge on any atom is 0.319 e. The highest BCUT2D eigenvalue weighted by Crippen LogP contribution is 2.49. The Bertz CT molecular complexity index is 2070. The van der Waals surface area contributed by atoms with Gasteiger partial charge in [0, 0.05) is 67.1 Å². The third kappa shape index (κ3) is 5.69. The van der Waals surface area contributed by atoms with Crippen LogP contribution in [0.1, 0.15) is 50.5 Å². The molecule has 12 heteroatoms. The average Bonchev–Trinajstić information content (AvgIpc) is 3.63. The normalized spacial score (nSPS) is 26.7. The number of rotatable bonds is 8. The molecule has 3 saturated heterocycles. The van der Waals surface area contributed by atoms with Crippen molar-refractivity contribution in [3.05, 3.63) is 41.5 Å². The number of piperazine rings is 1. The molecule has 5 fully saturated rings. The van der Waals surface area contributed by atoms with Crippen LogP contribution in [-0.4, -0.2) is 89.7 Å². The number of nitrogens with zero attached hydrogens (tertiary/aromatic N) is 5. The second kappa shape index (κ2) is 12.4. The molecule has 266 valence electrons. The summed E-state index contributed by atoms with van der Waals surface area (Å²) in [6.07, 6.45) is 11.8. The number of nitrogens with one attached hydrogen (secondary N) is 1. The van der Waals surface area contributed by atoms with Crippen LogP contribution in [0.5, 0.6) is 17.6 Å². The van der Waals surface area contributed by atoms with E-state index in [4.69, 9.17) is 20.9 Å². The summed E-state index contributed by atoms with van der Waals surface area (Å²) in [6, 6.07) is 6.04. The summed E-state index contributed by atoms with van der Waals surface area (Å²) >= 11 is 0. The van der Waals surface area contributed by atoms with Gasteiger partial charge in [-0.15, -0.1) is 6.42 Å². The van der Waals surface area contributed by atoms with Crippen molar-refractivity contribution in [1.82, 2.24) is 25.2 Å². The van der Waals surface area contributed by atoms with Crippen LogP contribution < -0.4 is 19.7 Å². The number of fused-ring (bicyclic) bond motifs is 5. The van der Waals surface area contributed by atoms with Crippen LogP contribution in [-0.2, 0) is 0 Å². The van der Waals surface area contributed by atoms with Crippen molar-refractivity contribution < 1.29 is 27.8 Å². The van der Waals surface area contributed by atoms with Gasteiger partial charge in [-0.05, 0) is 68.0 Å². The summed E-state index contributed by atoms with van der Waals surface area (Å²) in [5.74, 6) is 1.89. The van der Waals surface area contributed by atoms with Gasteiger partial charge in [0.15, 0.2) is 5.82 Å². The third-order valence-corrected chi connectivity index (χ3v) is 12.0. The predicted octanol–water partition coefficient (Wildman–Crippen LogP) is 5.99. The number of likely N-dealkylation sites (tertiary alicyclic amines) is 1. The minimum Gasteiger partial charge on any atom is -0.508 e. The molecular formula is C39H41F3N6O3. The third-order valence-electron chi connectivity index (χ3n) is 12.0. The lowest BCUT2D eigenvalue weighted by Crippen LogP contribution is -2.51. The number of hydrogen-bond donors (Lipinski definition) is 2. The summed E-state index contributed by atoms with van der Waals surface area (Å²) in [4.78, 5) is 18.7. The van der Waals surface area contributed by atoms with Crippen molar-refractivity contribution in [2.45, 2.75) is 63.2 Å². The van der Waals surface area contributed by atoms with E-state index in [-0.39, 0.29) is 68.8 Å². The van der Waals surface area contributed by atoms with E-state index in [2.05, 4.69) is 31.0 Å². The molecule has 5 heterocycles. The van der Waals surface area contributed by atoms with E-state index < -0.39 is 17.8 Å². The number of anilines is 1. The number of halogens is 3. The number of phenolic OH excluding ortho intramolecular Hbond substituents is 1. The maximum absolute atomic E-state index is 17.1. The van der Waals surface area contributed by atoms with Gasteiger partial charge in [-0.1, -0.05) is 18.4 Å². The molecule has 0 radical (unpaired) electrons. The summed E-state index contributed by atoms with van der Waals surface area (Å²) in [7, 11) is 1.45. The Hall–Kier alpha value is -4.34. The van der Waals surface area contributed by atoms with Crippen molar-refractivity contribution in [3.8, 4) is 41.2 Å². The first-order valence-electron chi connectivity index (χ1n) is 18.1. The Morgan fingerprint density at radius 1 is 1.02 bits per heavy atom. The highest BCUT2D eigenvalue weighted by Gasteiger charge is 2.49. The topological polar surface area (TPSA) is 95.9 Å². The number of hydrogen-bond acceptors (Lipinski definition) is 9. The average molecular weight is 699 g/mol. The molecule has 4 aromatic rings. The van der Waals surface area contributed by atoms with Crippen LogP contribution in [0.3, 0.4) is 0 Å². The van der Waals surface area contributed by atoms with Crippen molar-refractivity contribution in [2.24, 2.45) is 17.3 Å². The molecule has 2 aliphatic carbocycles. The van der Waals surface area contributed by atoms with Gasteiger partial charge < -0.3 is 29.7 Å². The molecule has 2 bridgehead atoms. The Kier molecular flexibility index (Phi) is 7.92. The van der Waals surface area contributed by atoms with E-state index in [0.717, 1.165) is 58.2 Å². The van der Waals surface area contributed by atoms with Crippen LogP contribution in [0.25, 0.3) is 32.9 Å². The highest BCUT2D eigenvalue weighted by atomic mass is 19.1. The van der Waals surface area contributed by atoms with E-state index in [9.17, 15) is 13.9 Å². The Morgan fingerprint density at radius 3 is 2.55 bits per heavy atom. The van der Waals surface area contributed by atoms with Gasteiger partial charge in [-0.3, -0.25) is 0 Å². The molecule has 9 rings (SSSR count). The number of phenols is 1. The second-order valence-electron chi connectivity index (χ2n) is 15.4. The molecular weight excluding hydrogens is 657 g/mol. The van der Waals surface area contributed by atoms with Gasteiger partial charge >= 0.3 is 6.01 Å². The number of alkyl halides is 1. The molecule has 2 aromatic carbocycles. The SMILES string of the molecule is C#Cc1c(F)ccc2cc(O)cc(-c3nc(OC)c4c(N5CC6CCC(C5)N6)nc(OCC5(CN6CC7CCCC(F)C7C6)CC5)nc4c3F)c12. The Morgan fingerprint density at radius 2 is 1.82 bits per heavy atom. The van der Waals surface area contributed by atoms with Crippen molar-refractivity contribution >= 4 is 27.5 Å². The lowest BCUT2D eigenvalue weighted by Gasteiger charge is -2.34. The zero-order valence-corrected chi connectivity index (χ0v) is 28.6. The van der Waals surface area contributed by atoms with Gasteiger partial charge in [0.2, 0.25) is 5.88 Å². The summed E-state index contributed by atoms with van der Waals surface area (Å²) in [5.41, 5.74) is -0.307. The smallest absolute Gasteiger partial charge is 0.319 e. The van der Waals surface area contributed by atoms with Crippen molar-refractivity contribution in [1.29, 1.82) is 0 Å². The van der Waals surface area contributed by atoms with E-state index in [1.807, 2.05) is 0 Å². The minimum atomic E-state index is -0.793. The fourth-order valence-electron chi connectivity index (χ4n) is 9.28. The van der Waals surface area contributed by atoms with Crippen LogP contribution in [0, 0.1) is 41.2 Å². The fraction of sp³-hybridized carbons (Fsp3) is 0.513. The minimum absolute atomic E-state index is 0.0443. The number of terminal acetylenes is 1. The molecule has 2 N–H and O–H groups in total. The summed E-state index contributed by atoms with van der Waals surface area (Å²) < 4.78 is 59.0. The number of ether oxygens (including phenoxy) is 2. The molecule has 5 atom stereocenters. The first-order valence-corrected chi connectivity index (χ1v) is 18.1. The van der Waals surface area contributed by atoms with E-state index >= 15 is 4.39 Å². The van der Waals surface area contributed by atoms with Gasteiger partial charge in [0.1, 0.15) is 40.2 Å². The number of aromatic nitrogens is 3. The summed E-state index contributed by atoms with van der Waals surface area (Å²) in [5, 5.41) is 15.3. The van der Waals surface area contributed by atoms with Crippen molar-refractivity contribution in [2.75, 3.05) is 51.3 Å². The molecule has 2 aromatic heterocycles. The lowest BCUT2D eigenvalue weighted by molar-refractivity contribution is 0.137. The lowest BCUT2D eigenvalue weighted by atomic mass is 9.80. The Labute approximate surface area is 294 Å². The van der Waals surface area contributed by atoms with Crippen LogP contribution in [0.15, 0.2) is 24.3 Å². The molecule has 5 unspecified atom stereocenters. The Balaban J connectivity index is 1.12. The van der Waals surface area contributed by atoms with Crippen LogP contribution >= 0.6 is 0 Å². The molecule has 3 aliphatic heterocycles. The van der Waals surface area contributed by atoms with Crippen LogP contribution in [0.2, 0.25) is 0 Å². The number of methoxy groups -OCH3 is 1. The van der Waals surface area contributed by atoms with Gasteiger partial charge in [-0.25, -0.2) is 18.2 Å². The zero-order chi connectivity index (χ0) is 35.0. The first-order chi connectivity index (χ1) is 24.7. The van der Waals surface area contributed by atoms with Crippen LogP contribution in [0.4, 0.5) is 19.0 Å². The molecule has 2 saturated carbocycles. The number of benzene rings is 2. The number of pyridine rings is 1. The number of aromatic hydroxyl groups is 1.